The minimum Gasteiger partial charge on any atom is -0.374 e. The van der Waals surface area contributed by atoms with E-state index in [2.05, 4.69) is 27.5 Å². The van der Waals surface area contributed by atoms with Crippen LogP contribution < -0.4 is 22.1 Å². The van der Waals surface area contributed by atoms with Gasteiger partial charge in [-0.15, -0.1) is 11.8 Å². The molecule has 0 aliphatic carbocycles. The molecule has 0 atom stereocenters. The molecule has 1 aromatic carbocycles. The summed E-state index contributed by atoms with van der Waals surface area (Å²) in [7, 11) is 1.73. The van der Waals surface area contributed by atoms with Crippen molar-refractivity contribution < 1.29 is 4.79 Å². The van der Waals surface area contributed by atoms with Crippen molar-refractivity contribution in [3.8, 4) is 11.3 Å². The topological polar surface area (TPSA) is 119 Å². The van der Waals surface area contributed by atoms with E-state index >= 15 is 0 Å². The number of nitrogens with one attached hydrogen (secondary N) is 2. The number of rotatable bonds is 9. The van der Waals surface area contributed by atoms with E-state index in [4.69, 9.17) is 11.5 Å². The van der Waals surface area contributed by atoms with E-state index in [1.54, 1.807) is 24.9 Å². The summed E-state index contributed by atoms with van der Waals surface area (Å²) in [5, 5.41) is 6.12. The zero-order chi connectivity index (χ0) is 19.8. The van der Waals surface area contributed by atoms with Gasteiger partial charge in [-0.25, -0.2) is 4.98 Å². The van der Waals surface area contributed by atoms with Crippen LogP contribution in [-0.2, 0) is 4.79 Å². The molecule has 1 amide bonds. The molecule has 8 heteroatoms. The van der Waals surface area contributed by atoms with Gasteiger partial charge in [0.2, 0.25) is 11.9 Å². The number of amides is 1. The van der Waals surface area contributed by atoms with Crippen molar-refractivity contribution in [2.24, 2.45) is 5.73 Å². The van der Waals surface area contributed by atoms with Crippen LogP contribution in [0.4, 0.5) is 11.8 Å². The Bertz CT molecular complexity index is 819. The monoisotopic (exact) mass is 386 g/mol. The number of hydrogen-bond donors (Lipinski definition) is 4. The van der Waals surface area contributed by atoms with E-state index in [-0.39, 0.29) is 5.95 Å². The normalized spacial score (nSPS) is 11.7. The number of anilines is 2. The van der Waals surface area contributed by atoms with Gasteiger partial charge in [0.15, 0.2) is 0 Å². The van der Waals surface area contributed by atoms with E-state index in [1.807, 2.05) is 30.5 Å². The third-order valence-electron chi connectivity index (χ3n) is 4.01. The van der Waals surface area contributed by atoms with Crippen LogP contribution >= 0.6 is 11.8 Å². The van der Waals surface area contributed by atoms with Gasteiger partial charge in [0, 0.05) is 23.6 Å². The minimum atomic E-state index is -0.463. The summed E-state index contributed by atoms with van der Waals surface area (Å²) in [5.41, 5.74) is 13.6. The first-order chi connectivity index (χ1) is 13.0. The Morgan fingerprint density at radius 3 is 2.48 bits per heavy atom. The van der Waals surface area contributed by atoms with Crippen LogP contribution in [0.25, 0.3) is 11.3 Å². The zero-order valence-electron chi connectivity index (χ0n) is 15.9. The molecule has 0 radical (unpaired) electrons. The molecule has 0 saturated carbocycles. The van der Waals surface area contributed by atoms with Crippen molar-refractivity contribution in [2.45, 2.75) is 31.1 Å². The molecule has 2 aromatic rings. The van der Waals surface area contributed by atoms with Gasteiger partial charge in [-0.05, 0) is 31.2 Å². The van der Waals surface area contributed by atoms with Crippen molar-refractivity contribution in [3.63, 3.8) is 0 Å². The Labute approximate surface area is 164 Å². The number of aromatic nitrogens is 2. The van der Waals surface area contributed by atoms with Crippen LogP contribution in [0.15, 0.2) is 46.6 Å². The van der Waals surface area contributed by atoms with Crippen molar-refractivity contribution in [1.29, 1.82) is 0 Å². The van der Waals surface area contributed by atoms with Crippen molar-refractivity contribution in [3.05, 3.63) is 41.7 Å². The average molecular weight is 387 g/mol. The van der Waals surface area contributed by atoms with Gasteiger partial charge in [-0.2, -0.15) is 4.98 Å². The smallest absolute Gasteiger partial charge is 0.248 e. The number of hydrogen-bond acceptors (Lipinski definition) is 7. The zero-order valence-corrected chi connectivity index (χ0v) is 16.7. The third-order valence-corrected chi connectivity index (χ3v) is 4.76. The van der Waals surface area contributed by atoms with Crippen LogP contribution in [0, 0.1) is 0 Å². The lowest BCUT2D eigenvalue weighted by atomic mass is 10.1. The minimum absolute atomic E-state index is 0.147. The SMILES string of the molecule is CCCC/C(C(N)=O)=C(\NC)Nc1cc(-c2ccc(SC)cc2)nc(N)n1. The largest absolute Gasteiger partial charge is 0.374 e. The molecule has 1 heterocycles. The molecule has 1 aromatic heterocycles. The van der Waals surface area contributed by atoms with Gasteiger partial charge in [-0.3, -0.25) is 4.79 Å². The molecule has 0 aliphatic heterocycles. The van der Waals surface area contributed by atoms with Gasteiger partial charge < -0.3 is 22.1 Å². The molecule has 2 rings (SSSR count). The van der Waals surface area contributed by atoms with Crippen molar-refractivity contribution in [2.75, 3.05) is 24.4 Å². The first kappa shape index (κ1) is 20.6. The van der Waals surface area contributed by atoms with Crippen LogP contribution in [0.3, 0.4) is 0 Å². The summed E-state index contributed by atoms with van der Waals surface area (Å²) in [6.45, 7) is 2.06. The lowest BCUT2D eigenvalue weighted by Crippen LogP contribution is -2.25. The highest BCUT2D eigenvalue weighted by atomic mass is 32.2. The highest BCUT2D eigenvalue weighted by Crippen LogP contribution is 2.24. The Kier molecular flexibility index (Phi) is 7.48. The van der Waals surface area contributed by atoms with Crippen LogP contribution in [0.1, 0.15) is 26.2 Å². The Hall–Kier alpha value is -2.74. The molecular weight excluding hydrogens is 360 g/mol. The molecule has 0 aliphatic rings. The predicted molar refractivity (Wildman–Crippen MR) is 112 cm³/mol. The molecular formula is C19H26N6OS. The maximum Gasteiger partial charge on any atom is 0.248 e. The summed E-state index contributed by atoms with van der Waals surface area (Å²) in [4.78, 5) is 21.5. The quantitative estimate of drug-likeness (QED) is 0.386. The molecule has 0 saturated heterocycles. The highest BCUT2D eigenvalue weighted by molar-refractivity contribution is 7.98. The van der Waals surface area contributed by atoms with E-state index in [0.29, 0.717) is 29.3 Å². The van der Waals surface area contributed by atoms with Crippen LogP contribution in [0.2, 0.25) is 0 Å². The van der Waals surface area contributed by atoms with Crippen LogP contribution in [-0.4, -0.2) is 29.2 Å². The fourth-order valence-corrected chi connectivity index (χ4v) is 2.99. The number of nitrogen functional groups attached to an aromatic ring is 1. The average Bonchev–Trinajstić information content (AvgIpc) is 2.66. The van der Waals surface area contributed by atoms with Gasteiger partial charge in [0.1, 0.15) is 11.6 Å². The number of benzene rings is 1. The molecule has 0 bridgehead atoms. The van der Waals surface area contributed by atoms with Gasteiger partial charge in [0.05, 0.1) is 11.3 Å². The number of unbranched alkanes of at least 4 members (excludes halogenated alkanes) is 1. The summed E-state index contributed by atoms with van der Waals surface area (Å²) in [6.07, 6.45) is 4.44. The van der Waals surface area contributed by atoms with Gasteiger partial charge in [0.25, 0.3) is 0 Å². The highest BCUT2D eigenvalue weighted by Gasteiger charge is 2.13. The molecule has 144 valence electrons. The number of carbonyl (C=O) groups is 1. The van der Waals surface area contributed by atoms with E-state index in [1.165, 1.54) is 4.90 Å². The van der Waals surface area contributed by atoms with Crippen LogP contribution in [0.5, 0.6) is 0 Å². The molecule has 27 heavy (non-hydrogen) atoms. The lowest BCUT2D eigenvalue weighted by Gasteiger charge is -2.15. The second kappa shape index (κ2) is 9.82. The second-order valence-corrected chi connectivity index (χ2v) is 6.80. The predicted octanol–water partition coefficient (Wildman–Crippen LogP) is 2.97. The number of carbonyl (C=O) groups excluding carboxylic acids is 1. The van der Waals surface area contributed by atoms with E-state index in [0.717, 1.165) is 18.4 Å². The molecule has 0 spiro atoms. The Morgan fingerprint density at radius 1 is 1.22 bits per heavy atom. The maximum absolute atomic E-state index is 11.8. The fourth-order valence-electron chi connectivity index (χ4n) is 2.58. The summed E-state index contributed by atoms with van der Waals surface area (Å²) < 4.78 is 0. The van der Waals surface area contributed by atoms with E-state index < -0.39 is 5.91 Å². The van der Waals surface area contributed by atoms with Gasteiger partial charge in [-0.1, -0.05) is 25.5 Å². The number of primary amides is 1. The van der Waals surface area contributed by atoms with Crippen molar-refractivity contribution in [1.82, 2.24) is 15.3 Å². The fraction of sp³-hybridized carbons (Fsp3) is 0.316. The number of nitrogens with two attached hydrogens (primary N) is 2. The summed E-state index contributed by atoms with van der Waals surface area (Å²) in [6, 6.07) is 9.82. The third kappa shape index (κ3) is 5.62. The number of nitrogens with zero attached hydrogens (tertiary/aromatic N) is 2. The first-order valence-corrected chi connectivity index (χ1v) is 9.97. The van der Waals surface area contributed by atoms with Gasteiger partial charge >= 0.3 is 0 Å². The maximum atomic E-state index is 11.8. The summed E-state index contributed by atoms with van der Waals surface area (Å²) >= 11 is 1.67. The number of thioether (sulfide) groups is 1. The Balaban J connectivity index is 2.36. The van der Waals surface area contributed by atoms with Crippen molar-refractivity contribution >= 4 is 29.4 Å². The molecule has 0 fully saturated rings. The molecule has 7 nitrogen and oxygen atoms in total. The standard InChI is InChI=1S/C19H26N6OS/c1-4-5-6-14(17(20)26)18(22-2)24-16-11-15(23-19(21)25-16)12-7-9-13(27-3)10-8-12/h7-11,22H,4-6H2,1-3H3,(H2,20,26)(H3,21,23,24,25)/b18-14-. The molecule has 0 unspecified atom stereocenters. The first-order valence-electron chi connectivity index (χ1n) is 8.75. The molecule has 6 N–H and O–H groups in total. The summed E-state index contributed by atoms with van der Waals surface area (Å²) in [5.74, 6) is 0.701. The Morgan fingerprint density at radius 2 is 1.93 bits per heavy atom. The van der Waals surface area contributed by atoms with E-state index in [9.17, 15) is 4.79 Å². The second-order valence-electron chi connectivity index (χ2n) is 5.92. The lowest BCUT2D eigenvalue weighted by molar-refractivity contribution is -0.114.